The Morgan fingerprint density at radius 1 is 1.00 bits per heavy atom. The quantitative estimate of drug-likeness (QED) is 0.784. The van der Waals surface area contributed by atoms with Gasteiger partial charge < -0.3 is 4.74 Å². The van der Waals surface area contributed by atoms with Crippen molar-refractivity contribution in [3.05, 3.63) is 76.7 Å². The van der Waals surface area contributed by atoms with Crippen LogP contribution in [0.3, 0.4) is 0 Å². The molecule has 0 unspecified atom stereocenters. The minimum atomic E-state index is -0.323. The van der Waals surface area contributed by atoms with E-state index >= 15 is 0 Å². The van der Waals surface area contributed by atoms with Crippen molar-refractivity contribution in [2.75, 3.05) is 0 Å². The Morgan fingerprint density at radius 3 is 2.48 bits per heavy atom. The molecule has 0 bridgehead atoms. The summed E-state index contributed by atoms with van der Waals surface area (Å²) in [5, 5.41) is 1.90. The fourth-order valence-electron chi connectivity index (χ4n) is 2.81. The number of esters is 1. The molecule has 3 nitrogen and oxygen atoms in total. The van der Waals surface area contributed by atoms with Crippen molar-refractivity contribution >= 4 is 29.2 Å². The Balaban J connectivity index is 1.65. The number of thioether (sulfide) groups is 1. The van der Waals surface area contributed by atoms with Gasteiger partial charge in [-0.25, -0.2) is 4.99 Å². The monoisotopic (exact) mass is 321 g/mol. The largest absolute Gasteiger partial charge is 0.407 e. The lowest BCUT2D eigenvalue weighted by Crippen LogP contribution is -2.33. The van der Waals surface area contributed by atoms with Gasteiger partial charge in [-0.05, 0) is 35.6 Å². The first-order valence-electron chi connectivity index (χ1n) is 7.50. The van der Waals surface area contributed by atoms with Crippen LogP contribution in [0.25, 0.3) is 5.57 Å². The lowest BCUT2D eigenvalue weighted by molar-refractivity contribution is -0.138. The topological polar surface area (TPSA) is 38.7 Å². The molecule has 2 aromatic carbocycles. The van der Waals surface area contributed by atoms with Gasteiger partial charge in [0.25, 0.3) is 0 Å². The number of carbonyl (C=O) groups is 1. The van der Waals surface area contributed by atoms with E-state index in [1.165, 1.54) is 0 Å². The molecule has 0 radical (unpaired) electrons. The number of hydrogen-bond acceptors (Lipinski definition) is 4. The van der Waals surface area contributed by atoms with Crippen LogP contribution < -0.4 is 0 Å². The first-order chi connectivity index (χ1) is 11.2. The van der Waals surface area contributed by atoms with Gasteiger partial charge in [-0.2, -0.15) is 0 Å². The average molecular weight is 321 g/mol. The molecule has 0 aromatic heterocycles. The van der Waals surface area contributed by atoms with E-state index in [-0.39, 0.29) is 17.3 Å². The number of aryl methyl sites for hydroxylation is 1. The normalized spacial score (nSPS) is 22.9. The number of benzene rings is 2. The second-order valence-electron chi connectivity index (χ2n) is 5.66. The molecule has 4 heteroatoms. The van der Waals surface area contributed by atoms with Gasteiger partial charge in [0.05, 0.1) is 0 Å². The molecule has 2 aliphatic rings. The molecule has 0 saturated heterocycles. The number of fused-ring (bicyclic) bond motifs is 1. The number of carbonyl (C=O) groups excluding carboxylic acids is 1. The molecule has 4 rings (SSSR count). The Hall–Kier alpha value is -2.33. The summed E-state index contributed by atoms with van der Waals surface area (Å²) >= 11 is 1.58. The van der Waals surface area contributed by atoms with E-state index in [4.69, 9.17) is 4.74 Å². The highest BCUT2D eigenvalue weighted by Gasteiger charge is 2.42. The van der Waals surface area contributed by atoms with Crippen LogP contribution in [0.4, 0.5) is 0 Å². The van der Waals surface area contributed by atoms with Crippen molar-refractivity contribution in [1.82, 2.24) is 0 Å². The van der Waals surface area contributed by atoms with E-state index in [1.54, 1.807) is 11.8 Å². The predicted octanol–water partition coefficient (Wildman–Crippen LogP) is 4.03. The maximum atomic E-state index is 12.6. The highest BCUT2D eigenvalue weighted by atomic mass is 32.2. The molecule has 0 N–H and O–H groups in total. The average Bonchev–Trinajstić information content (AvgIpc) is 3.01. The lowest BCUT2D eigenvalue weighted by Gasteiger charge is -2.24. The molecular weight excluding hydrogens is 306 g/mol. The highest BCUT2D eigenvalue weighted by Crippen LogP contribution is 2.44. The van der Waals surface area contributed by atoms with E-state index in [1.807, 2.05) is 66.9 Å². The third kappa shape index (κ3) is 2.59. The molecule has 2 atom stereocenters. The van der Waals surface area contributed by atoms with Crippen LogP contribution in [0.2, 0.25) is 0 Å². The van der Waals surface area contributed by atoms with Crippen molar-refractivity contribution in [3.63, 3.8) is 0 Å². The molecule has 0 spiro atoms. The van der Waals surface area contributed by atoms with E-state index in [0.29, 0.717) is 5.90 Å². The second-order valence-corrected chi connectivity index (χ2v) is 6.66. The van der Waals surface area contributed by atoms with Gasteiger partial charge in [0.15, 0.2) is 0 Å². The van der Waals surface area contributed by atoms with Crippen molar-refractivity contribution in [2.45, 2.75) is 12.3 Å². The molecule has 23 heavy (non-hydrogen) atoms. The van der Waals surface area contributed by atoms with Gasteiger partial charge in [0, 0.05) is 5.56 Å². The van der Waals surface area contributed by atoms with Crippen LogP contribution in [0.15, 0.2) is 65.0 Å². The molecule has 0 saturated carbocycles. The molecule has 2 aliphatic heterocycles. The first-order valence-corrected chi connectivity index (χ1v) is 8.44. The smallest absolute Gasteiger partial charge is 0.323 e. The number of aliphatic imine (C=N–C) groups is 1. The van der Waals surface area contributed by atoms with Gasteiger partial charge in [-0.1, -0.05) is 48.0 Å². The molecule has 0 aliphatic carbocycles. The summed E-state index contributed by atoms with van der Waals surface area (Å²) in [6, 6.07) is 17.8. The summed E-state index contributed by atoms with van der Waals surface area (Å²) in [7, 11) is 0. The minimum absolute atomic E-state index is 0.136. The molecular formula is C19H15NO2S. The van der Waals surface area contributed by atoms with Gasteiger partial charge in [0.1, 0.15) is 11.3 Å². The zero-order valence-corrected chi connectivity index (χ0v) is 13.4. The van der Waals surface area contributed by atoms with Crippen molar-refractivity contribution in [1.29, 1.82) is 0 Å². The van der Waals surface area contributed by atoms with Crippen LogP contribution in [0.1, 0.15) is 16.7 Å². The van der Waals surface area contributed by atoms with E-state index in [0.717, 1.165) is 22.3 Å². The van der Waals surface area contributed by atoms with Crippen LogP contribution in [0, 0.1) is 12.8 Å². The minimum Gasteiger partial charge on any atom is -0.407 e. The standard InChI is InChI=1S/C19H15NO2S/c1-12-7-9-14(10-8-12)17-20-18-16(19(21)22-17)15(11-23-18)13-5-3-2-4-6-13/h2-11,16,18H,1H3/t16-,18+/m1/s1. The van der Waals surface area contributed by atoms with E-state index in [9.17, 15) is 4.79 Å². The molecule has 0 amide bonds. The number of cyclic esters (lactones) is 1. The SMILES string of the molecule is Cc1ccc(C2=N[C@H]3SC=C(c4ccccc4)[C@H]3C(=O)O2)cc1. The zero-order chi connectivity index (χ0) is 15.8. The molecule has 2 aromatic rings. The third-order valence-electron chi connectivity index (χ3n) is 4.06. The second kappa shape index (κ2) is 5.70. The molecule has 114 valence electrons. The summed E-state index contributed by atoms with van der Waals surface area (Å²) in [5.41, 5.74) is 4.06. The fraction of sp³-hybridized carbons (Fsp3) is 0.158. The molecule has 2 heterocycles. The Labute approximate surface area is 139 Å². The number of ether oxygens (including phenoxy) is 1. The van der Waals surface area contributed by atoms with Crippen LogP contribution in [-0.2, 0) is 9.53 Å². The summed E-state index contributed by atoms with van der Waals surface area (Å²) in [5.74, 6) is -0.122. The van der Waals surface area contributed by atoms with Crippen molar-refractivity contribution in [2.24, 2.45) is 10.9 Å². The lowest BCUT2D eigenvalue weighted by atomic mass is 9.93. The Bertz CT molecular complexity index is 809. The van der Waals surface area contributed by atoms with Gasteiger partial charge in [-0.15, -0.1) is 11.8 Å². The van der Waals surface area contributed by atoms with Crippen LogP contribution in [0.5, 0.6) is 0 Å². The van der Waals surface area contributed by atoms with E-state index < -0.39 is 0 Å². The maximum Gasteiger partial charge on any atom is 0.323 e. The van der Waals surface area contributed by atoms with Gasteiger partial charge >= 0.3 is 5.97 Å². The molecule has 0 fully saturated rings. The van der Waals surface area contributed by atoms with E-state index in [2.05, 4.69) is 4.99 Å². The summed E-state index contributed by atoms with van der Waals surface area (Å²) in [6.07, 6.45) is 0. The van der Waals surface area contributed by atoms with Crippen molar-refractivity contribution < 1.29 is 9.53 Å². The highest BCUT2D eigenvalue weighted by molar-refractivity contribution is 8.03. The number of nitrogens with zero attached hydrogens (tertiary/aromatic N) is 1. The van der Waals surface area contributed by atoms with Crippen molar-refractivity contribution in [3.8, 4) is 0 Å². The van der Waals surface area contributed by atoms with Gasteiger partial charge in [0.2, 0.25) is 5.90 Å². The Morgan fingerprint density at radius 2 is 1.74 bits per heavy atom. The zero-order valence-electron chi connectivity index (χ0n) is 12.6. The first kappa shape index (κ1) is 14.3. The number of hydrogen-bond donors (Lipinski definition) is 0. The number of rotatable bonds is 2. The Kier molecular flexibility index (Phi) is 3.54. The summed E-state index contributed by atoms with van der Waals surface area (Å²) < 4.78 is 5.53. The predicted molar refractivity (Wildman–Crippen MR) is 93.1 cm³/mol. The van der Waals surface area contributed by atoms with Crippen LogP contribution >= 0.6 is 11.8 Å². The maximum absolute atomic E-state index is 12.6. The van der Waals surface area contributed by atoms with Gasteiger partial charge in [-0.3, -0.25) is 4.79 Å². The fourth-order valence-corrected chi connectivity index (χ4v) is 3.95. The third-order valence-corrected chi connectivity index (χ3v) is 5.10. The summed E-state index contributed by atoms with van der Waals surface area (Å²) in [6.45, 7) is 2.03. The van der Waals surface area contributed by atoms with Crippen LogP contribution in [-0.4, -0.2) is 17.2 Å². The summed E-state index contributed by atoms with van der Waals surface area (Å²) in [4.78, 5) is 17.2.